The van der Waals surface area contributed by atoms with Crippen LogP contribution in [0, 0.1) is 0 Å². The number of H-pyrrole nitrogens is 2. The predicted octanol–water partition coefficient (Wildman–Crippen LogP) is -2.44. The summed E-state index contributed by atoms with van der Waals surface area (Å²) in [6.07, 6.45) is -11.1. The van der Waals surface area contributed by atoms with E-state index >= 15 is 0 Å². The minimum atomic E-state index is -4.93. The lowest BCUT2D eigenvalue weighted by atomic mass is 10.1. The van der Waals surface area contributed by atoms with Crippen LogP contribution in [-0.4, -0.2) is 105 Å². The van der Waals surface area contributed by atoms with Gasteiger partial charge in [0.05, 0.1) is 30.8 Å². The highest BCUT2D eigenvalue weighted by molar-refractivity contribution is 8.06. The summed E-state index contributed by atoms with van der Waals surface area (Å²) < 4.78 is 85.1. The van der Waals surface area contributed by atoms with Gasteiger partial charge in [-0.1, -0.05) is 11.8 Å². The molecule has 0 radical (unpaired) electrons. The number of nitrogens with one attached hydrogen (secondary N) is 2. The van der Waals surface area contributed by atoms with E-state index in [1.165, 1.54) is 21.0 Å². The molecule has 2 aromatic rings. The molecule has 0 bridgehead atoms. The molecule has 4 rings (SSSR count). The zero-order valence-electron chi connectivity index (χ0n) is 31.3. The van der Waals surface area contributed by atoms with Crippen LogP contribution in [-0.2, 0) is 53.4 Å². The second-order valence-corrected chi connectivity index (χ2v) is 14.9. The topological polar surface area (TPSA) is 287 Å². The molecule has 2 aliphatic rings. The zero-order chi connectivity index (χ0) is 41.1. The molecule has 4 unspecified atom stereocenters. The van der Waals surface area contributed by atoms with Crippen LogP contribution in [0.3, 0.4) is 0 Å². The fraction of sp³-hybridized carbons (Fsp3) is 0.692. The molecule has 2 fully saturated rings. The van der Waals surface area contributed by atoms with Crippen LogP contribution in [0.4, 0.5) is 0 Å². The van der Waals surface area contributed by atoms with Gasteiger partial charge in [0, 0.05) is 38.7 Å². The number of methoxy groups -OCH3 is 2. The Bertz CT molecular complexity index is 1780. The van der Waals surface area contributed by atoms with Crippen molar-refractivity contribution in [3.8, 4) is 0 Å². The van der Waals surface area contributed by atoms with Crippen LogP contribution in [0.15, 0.2) is 43.7 Å². The predicted molar refractivity (Wildman–Crippen MR) is 170 cm³/mol. The third-order valence-corrected chi connectivity index (χ3v) is 9.49. The molecule has 0 spiro atoms. The highest BCUT2D eigenvalue weighted by atomic mass is 32.5. The van der Waals surface area contributed by atoms with Crippen LogP contribution in [0.1, 0.15) is 45.6 Å². The van der Waals surface area contributed by atoms with Gasteiger partial charge in [-0.2, -0.15) is 0 Å². The number of hydrogen-bond acceptors (Lipinski definition) is 18. The van der Waals surface area contributed by atoms with Crippen LogP contribution < -0.4 is 32.3 Å². The summed E-state index contributed by atoms with van der Waals surface area (Å²) in [5.41, 5.74) is -3.09. The molecule has 50 heavy (non-hydrogen) atoms. The molecule has 21 nitrogen and oxygen atoms in total. The first-order chi connectivity index (χ1) is 24.7. The van der Waals surface area contributed by atoms with Crippen molar-refractivity contribution in [3.63, 3.8) is 0 Å². The maximum atomic E-state index is 12.4. The maximum Gasteiger partial charge on any atom is 0.330 e. The highest BCUT2D eigenvalue weighted by Gasteiger charge is 2.49. The van der Waals surface area contributed by atoms with Gasteiger partial charge in [0.1, 0.15) is 43.3 Å². The molecule has 2 aliphatic heterocycles. The van der Waals surface area contributed by atoms with Crippen molar-refractivity contribution in [2.75, 3.05) is 27.3 Å². The van der Waals surface area contributed by atoms with Crippen molar-refractivity contribution < 1.29 is 67.1 Å². The number of aromatic nitrogens is 4. The van der Waals surface area contributed by atoms with Crippen LogP contribution in [0.5, 0.6) is 0 Å². The average molecular weight is 779 g/mol. The van der Waals surface area contributed by atoms with E-state index in [0.29, 0.717) is 0 Å². The highest BCUT2D eigenvalue weighted by Crippen LogP contribution is 2.47. The van der Waals surface area contributed by atoms with Gasteiger partial charge >= 0.3 is 11.4 Å². The fourth-order valence-electron chi connectivity index (χ4n) is 4.79. The summed E-state index contributed by atoms with van der Waals surface area (Å²) in [6, 6.07) is 2.06. The Morgan fingerprint density at radius 2 is 1.22 bits per heavy atom. The number of phosphoric acid groups is 1. The van der Waals surface area contributed by atoms with Gasteiger partial charge in [0.15, 0.2) is 12.5 Å². The molecule has 2 saturated heterocycles. The van der Waals surface area contributed by atoms with Gasteiger partial charge in [-0.05, 0) is 27.7 Å². The van der Waals surface area contributed by atoms with Crippen molar-refractivity contribution in [2.45, 2.75) is 89.0 Å². The van der Waals surface area contributed by atoms with Gasteiger partial charge in [-0.15, -0.1) is 0 Å². The average Bonchev–Trinajstić information content (AvgIpc) is 3.53. The SMILES string of the molecule is [2H]C([2H])(O)[C@H]1O[C@@H](n2ccc(=O)[nH]c2=O)C(OC)[C@H]1OP(=O)([O-])OC(C)C.[2H]C([2H])(O)[C@H]1O[C@@H](n2ccc(=O)[nH]c2=O)C(OC)[C@H]1OP([O-])(=S)OC(C)C. The van der Waals surface area contributed by atoms with Crippen molar-refractivity contribution in [2.24, 2.45) is 0 Å². The summed E-state index contributed by atoms with van der Waals surface area (Å²) in [6.45, 7) is -4.05. The number of hydrogen-bond donors (Lipinski definition) is 4. The monoisotopic (exact) mass is 778 g/mol. The van der Waals surface area contributed by atoms with Gasteiger partial charge in [-0.3, -0.25) is 33.3 Å². The second-order valence-electron chi connectivity index (χ2n) is 10.9. The quantitative estimate of drug-likeness (QED) is 0.145. The first-order valence-corrected chi connectivity index (χ1v) is 18.5. The lowest BCUT2D eigenvalue weighted by molar-refractivity contribution is -0.237. The van der Waals surface area contributed by atoms with Crippen molar-refractivity contribution >= 4 is 26.3 Å². The van der Waals surface area contributed by atoms with Crippen LogP contribution >= 0.6 is 14.5 Å². The zero-order valence-corrected chi connectivity index (χ0v) is 29.9. The van der Waals surface area contributed by atoms with E-state index in [9.17, 15) is 43.7 Å². The van der Waals surface area contributed by atoms with Gasteiger partial charge in [0.25, 0.3) is 18.9 Å². The van der Waals surface area contributed by atoms with Crippen LogP contribution in [0.25, 0.3) is 0 Å². The third kappa shape index (κ3) is 10.9. The van der Waals surface area contributed by atoms with Crippen molar-refractivity contribution in [1.29, 1.82) is 0 Å². The Labute approximate surface area is 295 Å². The maximum absolute atomic E-state index is 12.4. The van der Waals surface area contributed by atoms with Gasteiger partial charge < -0.3 is 57.0 Å². The second kappa shape index (κ2) is 18.0. The van der Waals surface area contributed by atoms with E-state index in [4.69, 9.17) is 49.8 Å². The molecular weight excluding hydrogens is 734 g/mol. The van der Waals surface area contributed by atoms with E-state index in [1.807, 2.05) is 9.97 Å². The smallest absolute Gasteiger partial charge is 0.330 e. The van der Waals surface area contributed by atoms with Gasteiger partial charge in [-0.25, -0.2) is 9.59 Å². The van der Waals surface area contributed by atoms with E-state index in [0.717, 1.165) is 40.8 Å². The summed E-state index contributed by atoms with van der Waals surface area (Å²) >= 11 is 4.81. The van der Waals surface area contributed by atoms with Crippen molar-refractivity contribution in [1.82, 2.24) is 19.1 Å². The summed E-state index contributed by atoms with van der Waals surface area (Å²) in [5, 5.41) is 19.6. The summed E-state index contributed by atoms with van der Waals surface area (Å²) in [4.78, 5) is 75.0. The number of phosphoric ester groups is 1. The number of rotatable bonds is 14. The summed E-state index contributed by atoms with van der Waals surface area (Å²) in [5.74, 6) is 0. The molecule has 0 aliphatic carbocycles. The summed E-state index contributed by atoms with van der Waals surface area (Å²) in [7, 11) is -2.55. The Morgan fingerprint density at radius 1 is 0.820 bits per heavy atom. The number of aromatic amines is 2. The Kier molecular flexibility index (Phi) is 13.0. The van der Waals surface area contributed by atoms with E-state index in [-0.39, 0.29) is 0 Å². The number of aliphatic hydroxyl groups is 2. The van der Waals surface area contributed by atoms with E-state index < -0.39 is 111 Å². The third-order valence-electron chi connectivity index (χ3n) is 6.61. The Balaban J connectivity index is 0.000000290. The number of nitrogens with zero attached hydrogens (tertiary/aromatic N) is 2. The largest absolute Gasteiger partial charge is 0.780 e. The Hall–Kier alpha value is -2.24. The molecule has 4 heterocycles. The fourth-order valence-corrected chi connectivity index (χ4v) is 7.79. The molecule has 284 valence electrons. The molecule has 0 amide bonds. The van der Waals surface area contributed by atoms with Gasteiger partial charge in [0.2, 0.25) is 0 Å². The minimum absolute atomic E-state index is 0.543. The van der Waals surface area contributed by atoms with E-state index in [1.54, 1.807) is 13.8 Å². The number of ether oxygens (including phenoxy) is 4. The first kappa shape index (κ1) is 36.1. The molecule has 0 aromatic carbocycles. The Morgan fingerprint density at radius 3 is 1.56 bits per heavy atom. The lowest BCUT2D eigenvalue weighted by Gasteiger charge is -2.34. The molecule has 4 N–H and O–H groups in total. The minimum Gasteiger partial charge on any atom is -0.780 e. The standard InChI is InChI=1S/C13H21N2O9P.C13H21N2O8PS/c1-7(2)23-25(19,20)24-10-8(6-16)22-12(11(10)21-3)15-5-4-9(17)14-13(15)18;1-7(2)22-24(19,25)23-10-8(6-16)21-12(11(10)20-3)15-5-4-9(17)14-13(15)18/h4-5,7-8,10-12,16H,6H2,1-3H3,(H,19,20)(H,14,17,18);4-5,7-8,10-12,16H,6H2,1-3H3,(H,19,25)(H,14,17,18)/p-2/t8-,10+,11?,12-;8-,10+,11?,12-,24?/m11/s1/i2*6D2. The normalized spacial score (nSPS) is 30.8. The molecular formula is C26H40N4O17P2S-2. The van der Waals surface area contributed by atoms with E-state index in [2.05, 4.69) is 4.52 Å². The van der Waals surface area contributed by atoms with Crippen LogP contribution in [0.2, 0.25) is 0 Å². The first-order valence-electron chi connectivity index (χ1n) is 16.5. The molecule has 2 aromatic heterocycles. The molecule has 0 saturated carbocycles. The van der Waals surface area contributed by atoms with Crippen molar-refractivity contribution in [3.05, 3.63) is 66.2 Å². The molecule has 10 atom stereocenters. The lowest BCUT2D eigenvalue weighted by Crippen LogP contribution is -2.40. The molecule has 24 heteroatoms.